The van der Waals surface area contributed by atoms with E-state index >= 15 is 0 Å². The van der Waals surface area contributed by atoms with Crippen molar-refractivity contribution in [2.45, 2.75) is 39.7 Å². The quantitative estimate of drug-likeness (QED) is 0.456. The lowest BCUT2D eigenvalue weighted by Gasteiger charge is -2.08. The van der Waals surface area contributed by atoms with Crippen LogP contribution in [0.25, 0.3) is 0 Å². The standard InChI is InChI=1S/C10H22N2O.C3H6O3/c1-9(2)8-10(13)11-6-5-7-12(3)4;1-2(4)3(5)6/h9H,5-8H2,1-4H3,(H,11,13);2,4H,1H3,(H,5,6)/p+1. The van der Waals surface area contributed by atoms with Gasteiger partial charge in [0.15, 0.2) is 0 Å². The molecule has 0 aromatic heterocycles. The maximum absolute atomic E-state index is 11.2. The van der Waals surface area contributed by atoms with Crippen molar-refractivity contribution >= 4 is 11.9 Å². The lowest BCUT2D eigenvalue weighted by molar-refractivity contribution is -0.858. The number of hydrogen-bond acceptors (Lipinski definition) is 3. The number of quaternary nitrogens is 1. The summed E-state index contributed by atoms with van der Waals surface area (Å²) in [5.74, 6) is -0.543. The van der Waals surface area contributed by atoms with Crippen molar-refractivity contribution in [2.75, 3.05) is 27.2 Å². The molecule has 1 amide bonds. The molecule has 0 heterocycles. The molecule has 0 aromatic carbocycles. The molecular weight excluding hydrogens is 248 g/mol. The maximum Gasteiger partial charge on any atom is 0.332 e. The summed E-state index contributed by atoms with van der Waals surface area (Å²) in [7, 11) is 4.24. The number of carbonyl (C=O) groups is 2. The van der Waals surface area contributed by atoms with Gasteiger partial charge in [-0.15, -0.1) is 0 Å². The number of carboxylic acids is 1. The van der Waals surface area contributed by atoms with E-state index in [1.807, 2.05) is 0 Å². The summed E-state index contributed by atoms with van der Waals surface area (Å²) in [5, 5.41) is 18.7. The molecule has 6 heteroatoms. The predicted octanol–water partition coefficient (Wildman–Crippen LogP) is -0.865. The van der Waals surface area contributed by atoms with Gasteiger partial charge in [0, 0.05) is 19.4 Å². The molecule has 19 heavy (non-hydrogen) atoms. The van der Waals surface area contributed by atoms with E-state index in [2.05, 4.69) is 33.3 Å². The first-order valence-electron chi connectivity index (χ1n) is 6.63. The largest absolute Gasteiger partial charge is 0.479 e. The molecule has 0 aliphatic heterocycles. The highest BCUT2D eigenvalue weighted by atomic mass is 16.4. The van der Waals surface area contributed by atoms with Crippen LogP contribution in [0.2, 0.25) is 0 Å². The van der Waals surface area contributed by atoms with Gasteiger partial charge < -0.3 is 20.4 Å². The Bertz CT molecular complexity index is 253. The Morgan fingerprint density at radius 2 is 1.68 bits per heavy atom. The SMILES string of the molecule is CC(C)CC(=O)NCCC[NH+](C)C.CC(O)C(=O)O. The average molecular weight is 277 g/mol. The smallest absolute Gasteiger partial charge is 0.332 e. The zero-order valence-corrected chi connectivity index (χ0v) is 12.7. The van der Waals surface area contributed by atoms with Crippen LogP contribution < -0.4 is 10.2 Å². The zero-order valence-electron chi connectivity index (χ0n) is 12.7. The van der Waals surface area contributed by atoms with Crippen LogP contribution in [-0.2, 0) is 9.59 Å². The van der Waals surface area contributed by atoms with Gasteiger partial charge in [0.25, 0.3) is 0 Å². The highest BCUT2D eigenvalue weighted by Gasteiger charge is 2.03. The third-order valence-corrected chi connectivity index (χ3v) is 2.13. The third-order valence-electron chi connectivity index (χ3n) is 2.13. The molecule has 6 nitrogen and oxygen atoms in total. The van der Waals surface area contributed by atoms with E-state index in [9.17, 15) is 9.59 Å². The van der Waals surface area contributed by atoms with Crippen molar-refractivity contribution in [1.29, 1.82) is 0 Å². The van der Waals surface area contributed by atoms with Crippen LogP contribution >= 0.6 is 0 Å². The van der Waals surface area contributed by atoms with Crippen molar-refractivity contribution in [3.8, 4) is 0 Å². The number of carbonyl (C=O) groups excluding carboxylic acids is 1. The molecule has 0 fully saturated rings. The Balaban J connectivity index is 0. The fourth-order valence-electron chi connectivity index (χ4n) is 1.11. The second-order valence-corrected chi connectivity index (χ2v) is 5.27. The lowest BCUT2D eigenvalue weighted by Crippen LogP contribution is -3.05. The molecule has 1 unspecified atom stereocenters. The van der Waals surface area contributed by atoms with Crippen molar-refractivity contribution in [1.82, 2.24) is 5.32 Å². The van der Waals surface area contributed by atoms with Gasteiger partial charge in [-0.1, -0.05) is 13.8 Å². The molecule has 0 bridgehead atoms. The van der Waals surface area contributed by atoms with E-state index in [0.717, 1.165) is 19.5 Å². The predicted molar refractivity (Wildman–Crippen MR) is 74.1 cm³/mol. The second kappa shape index (κ2) is 11.9. The van der Waals surface area contributed by atoms with Gasteiger partial charge in [-0.3, -0.25) is 4.79 Å². The first kappa shape index (κ1) is 20.2. The van der Waals surface area contributed by atoms with Crippen LogP contribution in [0.15, 0.2) is 0 Å². The van der Waals surface area contributed by atoms with E-state index in [0.29, 0.717) is 12.3 Å². The molecule has 1 atom stereocenters. The number of aliphatic hydroxyl groups excluding tert-OH is 1. The Morgan fingerprint density at radius 1 is 1.21 bits per heavy atom. The summed E-state index contributed by atoms with van der Waals surface area (Å²) in [4.78, 5) is 22.1. The minimum absolute atomic E-state index is 0.184. The van der Waals surface area contributed by atoms with Crippen LogP contribution in [0.1, 0.15) is 33.6 Å². The van der Waals surface area contributed by atoms with Gasteiger partial charge in [0.05, 0.1) is 20.6 Å². The first-order chi connectivity index (χ1) is 8.66. The summed E-state index contributed by atoms with van der Waals surface area (Å²) in [6.07, 6.45) is 0.478. The second-order valence-electron chi connectivity index (χ2n) is 5.27. The molecule has 0 saturated carbocycles. The molecule has 0 aliphatic rings. The zero-order chi connectivity index (χ0) is 15.4. The summed E-state index contributed by atoms with van der Waals surface area (Å²) < 4.78 is 0. The molecule has 0 saturated heterocycles. The number of aliphatic hydroxyl groups is 1. The molecule has 0 radical (unpaired) electrons. The fourth-order valence-corrected chi connectivity index (χ4v) is 1.11. The number of aliphatic carboxylic acids is 1. The molecule has 0 rings (SSSR count). The minimum Gasteiger partial charge on any atom is -0.479 e. The summed E-state index contributed by atoms with van der Waals surface area (Å²) >= 11 is 0. The maximum atomic E-state index is 11.2. The van der Waals surface area contributed by atoms with Gasteiger partial charge in [0.1, 0.15) is 6.10 Å². The van der Waals surface area contributed by atoms with Crippen molar-refractivity contribution < 1.29 is 24.7 Å². The fraction of sp³-hybridized carbons (Fsp3) is 0.846. The van der Waals surface area contributed by atoms with Gasteiger partial charge in [0.2, 0.25) is 5.91 Å². The third kappa shape index (κ3) is 19.4. The summed E-state index contributed by atoms with van der Waals surface area (Å²) in [6.45, 7) is 7.24. The van der Waals surface area contributed by atoms with Crippen molar-refractivity contribution in [3.63, 3.8) is 0 Å². The summed E-state index contributed by atoms with van der Waals surface area (Å²) in [5.41, 5.74) is 0. The van der Waals surface area contributed by atoms with E-state index in [-0.39, 0.29) is 5.91 Å². The number of nitrogens with one attached hydrogen (secondary N) is 2. The Hall–Kier alpha value is -1.14. The number of carboxylic acid groups (broad SMARTS) is 1. The topological polar surface area (TPSA) is 91.1 Å². The Kier molecular flexibility index (Phi) is 12.7. The van der Waals surface area contributed by atoms with Crippen LogP contribution in [-0.4, -0.2) is 55.4 Å². The normalized spacial score (nSPS) is 11.8. The molecule has 0 spiro atoms. The van der Waals surface area contributed by atoms with E-state index in [1.165, 1.54) is 11.8 Å². The lowest BCUT2D eigenvalue weighted by atomic mass is 10.1. The van der Waals surface area contributed by atoms with Crippen LogP contribution in [0.4, 0.5) is 0 Å². The first-order valence-corrected chi connectivity index (χ1v) is 6.63. The Morgan fingerprint density at radius 3 is 2.00 bits per heavy atom. The molecule has 114 valence electrons. The van der Waals surface area contributed by atoms with E-state index in [1.54, 1.807) is 0 Å². The van der Waals surface area contributed by atoms with Gasteiger partial charge >= 0.3 is 5.97 Å². The molecular formula is C13H29N2O4+. The van der Waals surface area contributed by atoms with Gasteiger partial charge in [-0.05, 0) is 12.8 Å². The monoisotopic (exact) mass is 277 g/mol. The van der Waals surface area contributed by atoms with E-state index in [4.69, 9.17) is 10.2 Å². The average Bonchev–Trinajstić information content (AvgIpc) is 2.24. The van der Waals surface area contributed by atoms with Crippen LogP contribution in [0, 0.1) is 5.92 Å². The van der Waals surface area contributed by atoms with Gasteiger partial charge in [-0.25, -0.2) is 4.79 Å². The minimum atomic E-state index is -1.23. The highest BCUT2D eigenvalue weighted by molar-refractivity contribution is 5.75. The highest BCUT2D eigenvalue weighted by Crippen LogP contribution is 1.97. The van der Waals surface area contributed by atoms with E-state index < -0.39 is 12.1 Å². The van der Waals surface area contributed by atoms with Crippen molar-refractivity contribution in [2.24, 2.45) is 5.92 Å². The molecule has 0 aromatic rings. The molecule has 4 N–H and O–H groups in total. The molecule has 0 aliphatic carbocycles. The Labute approximate surface area is 115 Å². The van der Waals surface area contributed by atoms with Crippen molar-refractivity contribution in [3.05, 3.63) is 0 Å². The van der Waals surface area contributed by atoms with Crippen LogP contribution in [0.3, 0.4) is 0 Å². The summed E-state index contributed by atoms with van der Waals surface area (Å²) in [6, 6.07) is 0. The number of amides is 1. The van der Waals surface area contributed by atoms with Gasteiger partial charge in [-0.2, -0.15) is 0 Å². The number of rotatable bonds is 7. The number of hydrogen-bond donors (Lipinski definition) is 4. The van der Waals surface area contributed by atoms with Crippen LogP contribution in [0.5, 0.6) is 0 Å².